The Morgan fingerprint density at radius 1 is 1.08 bits per heavy atom. The molecule has 1 heterocycles. The van der Waals surface area contributed by atoms with E-state index in [1.54, 1.807) is 49.6 Å². The zero-order valence-corrected chi connectivity index (χ0v) is 23.6. The van der Waals surface area contributed by atoms with Crippen molar-refractivity contribution in [3.05, 3.63) is 90.8 Å². The summed E-state index contributed by atoms with van der Waals surface area (Å²) in [6.45, 7) is 0.0510. The van der Waals surface area contributed by atoms with E-state index in [0.29, 0.717) is 23.8 Å². The van der Waals surface area contributed by atoms with Gasteiger partial charge in [0.05, 0.1) is 16.5 Å². The van der Waals surface area contributed by atoms with E-state index in [1.165, 1.54) is 0 Å². The van der Waals surface area contributed by atoms with Crippen LogP contribution >= 0.6 is 50.3 Å². The van der Waals surface area contributed by atoms with Crippen LogP contribution in [0.5, 0.6) is 11.5 Å². The fraction of sp³-hybridized carbons (Fsp3) is 0.115. The van der Waals surface area contributed by atoms with Gasteiger partial charge in [-0.1, -0.05) is 18.2 Å². The minimum atomic E-state index is -0.509. The van der Waals surface area contributed by atoms with E-state index >= 15 is 0 Å². The first-order valence-electron chi connectivity index (χ1n) is 10.7. The van der Waals surface area contributed by atoms with Gasteiger partial charge in [-0.2, -0.15) is 0 Å². The highest BCUT2D eigenvalue weighted by atomic mass is 127. The molecular weight excluding hydrogens is 659 g/mol. The SMILES string of the molecule is COc1ccc(NC(=O)CN2C(=O)S/C(=C/c3ccc(OCc4ccc(I)cc4)c(Br)c3)C2=O)cc1. The molecule has 1 fully saturated rings. The van der Waals surface area contributed by atoms with E-state index in [1.807, 2.05) is 30.3 Å². The second-order valence-corrected chi connectivity index (χ2v) is 10.7. The number of imide groups is 1. The highest BCUT2D eigenvalue weighted by Crippen LogP contribution is 2.34. The number of thioether (sulfide) groups is 1. The zero-order chi connectivity index (χ0) is 25.7. The van der Waals surface area contributed by atoms with Crippen LogP contribution in [0.4, 0.5) is 10.5 Å². The van der Waals surface area contributed by atoms with Crippen molar-refractivity contribution < 1.29 is 23.9 Å². The minimum absolute atomic E-state index is 0.247. The molecule has 4 rings (SSSR count). The molecule has 3 aromatic rings. The van der Waals surface area contributed by atoms with Crippen molar-refractivity contribution in [2.24, 2.45) is 0 Å². The Balaban J connectivity index is 1.38. The number of hydrogen-bond acceptors (Lipinski definition) is 6. The Morgan fingerprint density at radius 3 is 2.47 bits per heavy atom. The molecule has 0 saturated carbocycles. The lowest BCUT2D eigenvalue weighted by Gasteiger charge is -2.12. The number of carbonyl (C=O) groups excluding carboxylic acids is 3. The van der Waals surface area contributed by atoms with Crippen molar-refractivity contribution in [1.82, 2.24) is 4.90 Å². The average molecular weight is 679 g/mol. The van der Waals surface area contributed by atoms with Crippen molar-refractivity contribution in [3.8, 4) is 11.5 Å². The molecule has 36 heavy (non-hydrogen) atoms. The first kappa shape index (κ1) is 26.2. The Morgan fingerprint density at radius 2 is 1.81 bits per heavy atom. The van der Waals surface area contributed by atoms with Crippen molar-refractivity contribution in [1.29, 1.82) is 0 Å². The maximum atomic E-state index is 12.8. The molecule has 0 unspecified atom stereocenters. The molecule has 0 atom stereocenters. The summed E-state index contributed by atoms with van der Waals surface area (Å²) in [6, 6.07) is 20.2. The van der Waals surface area contributed by atoms with Crippen LogP contribution in [0.25, 0.3) is 6.08 Å². The van der Waals surface area contributed by atoms with E-state index in [9.17, 15) is 14.4 Å². The summed E-state index contributed by atoms with van der Waals surface area (Å²) in [7, 11) is 1.55. The van der Waals surface area contributed by atoms with Gasteiger partial charge >= 0.3 is 0 Å². The molecular formula is C26H20BrIN2O5S. The van der Waals surface area contributed by atoms with E-state index < -0.39 is 17.1 Å². The maximum absolute atomic E-state index is 12.8. The summed E-state index contributed by atoms with van der Waals surface area (Å²) >= 11 is 6.57. The van der Waals surface area contributed by atoms with Gasteiger partial charge in [0.25, 0.3) is 11.1 Å². The maximum Gasteiger partial charge on any atom is 0.294 e. The molecule has 0 bridgehead atoms. The number of ether oxygens (including phenoxy) is 2. The smallest absolute Gasteiger partial charge is 0.294 e. The van der Waals surface area contributed by atoms with Crippen LogP contribution in [0, 0.1) is 3.57 Å². The molecule has 0 aliphatic carbocycles. The summed E-state index contributed by atoms with van der Waals surface area (Å²) in [4.78, 5) is 38.8. The van der Waals surface area contributed by atoms with Gasteiger partial charge in [0.15, 0.2) is 0 Å². The highest BCUT2D eigenvalue weighted by Gasteiger charge is 2.36. The van der Waals surface area contributed by atoms with Gasteiger partial charge in [0.2, 0.25) is 5.91 Å². The number of carbonyl (C=O) groups is 3. The summed E-state index contributed by atoms with van der Waals surface area (Å²) < 4.78 is 12.9. The molecule has 1 aliphatic heterocycles. The van der Waals surface area contributed by atoms with Crippen molar-refractivity contribution in [3.63, 3.8) is 0 Å². The third-order valence-electron chi connectivity index (χ3n) is 5.11. The molecule has 10 heteroatoms. The molecule has 1 N–H and O–H groups in total. The van der Waals surface area contributed by atoms with Crippen LogP contribution in [0.3, 0.4) is 0 Å². The first-order valence-corrected chi connectivity index (χ1v) is 13.4. The topological polar surface area (TPSA) is 84.9 Å². The van der Waals surface area contributed by atoms with Gasteiger partial charge in [-0.15, -0.1) is 0 Å². The highest BCUT2D eigenvalue weighted by molar-refractivity contribution is 14.1. The zero-order valence-electron chi connectivity index (χ0n) is 19.0. The number of amides is 3. The molecule has 1 aliphatic rings. The number of halogens is 2. The normalized spacial score (nSPS) is 14.3. The number of benzene rings is 3. The summed E-state index contributed by atoms with van der Waals surface area (Å²) in [5.41, 5.74) is 2.31. The molecule has 1 saturated heterocycles. The van der Waals surface area contributed by atoms with Crippen molar-refractivity contribution >= 4 is 79.1 Å². The molecule has 3 amide bonds. The van der Waals surface area contributed by atoms with Crippen LogP contribution in [0.2, 0.25) is 0 Å². The first-order chi connectivity index (χ1) is 17.3. The molecule has 3 aromatic carbocycles. The fourth-order valence-electron chi connectivity index (χ4n) is 3.27. The molecule has 0 spiro atoms. The van der Waals surface area contributed by atoms with Gasteiger partial charge in [-0.3, -0.25) is 19.3 Å². The summed E-state index contributed by atoms with van der Waals surface area (Å²) in [5.74, 6) is 0.335. The second-order valence-electron chi connectivity index (χ2n) is 7.65. The third-order valence-corrected chi connectivity index (χ3v) is 7.36. The monoisotopic (exact) mass is 678 g/mol. The Bertz CT molecular complexity index is 1330. The van der Waals surface area contributed by atoms with E-state index in [0.717, 1.165) is 35.8 Å². The Hall–Kier alpha value is -2.83. The number of hydrogen-bond donors (Lipinski definition) is 1. The predicted octanol–water partition coefficient (Wildman–Crippen LogP) is 6.32. The predicted molar refractivity (Wildman–Crippen MR) is 152 cm³/mol. The van der Waals surface area contributed by atoms with Crippen LogP contribution < -0.4 is 14.8 Å². The minimum Gasteiger partial charge on any atom is -0.497 e. The van der Waals surface area contributed by atoms with Crippen LogP contribution in [0.15, 0.2) is 76.1 Å². The lowest BCUT2D eigenvalue weighted by Crippen LogP contribution is -2.36. The van der Waals surface area contributed by atoms with Gasteiger partial charge in [0, 0.05) is 9.26 Å². The Kier molecular flexibility index (Phi) is 8.70. The van der Waals surface area contributed by atoms with Gasteiger partial charge in [-0.25, -0.2) is 0 Å². The van der Waals surface area contributed by atoms with Crippen molar-refractivity contribution in [2.75, 3.05) is 19.0 Å². The largest absolute Gasteiger partial charge is 0.497 e. The quantitative estimate of drug-likeness (QED) is 0.222. The second kappa shape index (κ2) is 11.9. The molecule has 7 nitrogen and oxygen atoms in total. The number of nitrogens with zero attached hydrogens (tertiary/aromatic N) is 1. The van der Waals surface area contributed by atoms with Crippen LogP contribution in [0.1, 0.15) is 11.1 Å². The molecule has 0 radical (unpaired) electrons. The summed E-state index contributed by atoms with van der Waals surface area (Å²) in [6.07, 6.45) is 1.62. The van der Waals surface area contributed by atoms with E-state index in [-0.39, 0.29) is 11.4 Å². The van der Waals surface area contributed by atoms with E-state index in [2.05, 4.69) is 43.8 Å². The Labute approximate surface area is 234 Å². The van der Waals surface area contributed by atoms with Gasteiger partial charge in [-0.05, 0) is 116 Å². The number of rotatable bonds is 8. The lowest BCUT2D eigenvalue weighted by molar-refractivity contribution is -0.127. The fourth-order valence-corrected chi connectivity index (χ4v) is 4.98. The van der Waals surface area contributed by atoms with Crippen LogP contribution in [-0.2, 0) is 16.2 Å². The third kappa shape index (κ3) is 6.68. The number of anilines is 1. The van der Waals surface area contributed by atoms with E-state index in [4.69, 9.17) is 9.47 Å². The van der Waals surface area contributed by atoms with Gasteiger partial charge < -0.3 is 14.8 Å². The van der Waals surface area contributed by atoms with Crippen LogP contribution in [-0.4, -0.2) is 35.6 Å². The molecule has 0 aromatic heterocycles. The van der Waals surface area contributed by atoms with Gasteiger partial charge in [0.1, 0.15) is 24.7 Å². The molecule has 184 valence electrons. The average Bonchev–Trinajstić information content (AvgIpc) is 3.12. The number of nitrogens with one attached hydrogen (secondary N) is 1. The lowest BCUT2D eigenvalue weighted by atomic mass is 10.2. The standard InChI is InChI=1S/C26H20BrIN2O5S/c1-34-20-9-7-19(8-10-20)29-24(31)14-30-25(32)23(36-26(30)33)13-17-4-11-22(21(27)12-17)35-15-16-2-5-18(28)6-3-16/h2-13H,14-15H2,1H3,(H,29,31)/b23-13+. The number of methoxy groups -OCH3 is 1. The van der Waals surface area contributed by atoms with Crippen molar-refractivity contribution in [2.45, 2.75) is 6.61 Å². The summed E-state index contributed by atoms with van der Waals surface area (Å²) in [5, 5.41) is 2.18.